The van der Waals surface area contributed by atoms with Crippen LogP contribution in [0.2, 0.25) is 0 Å². The van der Waals surface area contributed by atoms with Gasteiger partial charge in [0, 0.05) is 31.6 Å². The van der Waals surface area contributed by atoms with Crippen LogP contribution in [0.25, 0.3) is 11.1 Å². The molecule has 3 N–H and O–H groups in total. The number of fused-ring (bicyclic) bond motifs is 1. The molecule has 1 heterocycles. The maximum absolute atomic E-state index is 12.0. The highest BCUT2D eigenvalue weighted by atomic mass is 16.6. The maximum atomic E-state index is 12.0. The van der Waals surface area contributed by atoms with Gasteiger partial charge in [-0.1, -0.05) is 19.8 Å². The number of nitrogens with one attached hydrogen (secondary N) is 1. The predicted molar refractivity (Wildman–Crippen MR) is 96.9 cm³/mol. The van der Waals surface area contributed by atoms with Gasteiger partial charge in [-0.3, -0.25) is 19.5 Å². The van der Waals surface area contributed by atoms with Crippen LogP contribution in [-0.2, 0) is 11.3 Å². The molecule has 0 saturated carbocycles. The number of amides is 1. The smallest absolute Gasteiger partial charge is 0.407 e. The fourth-order valence-corrected chi connectivity index (χ4v) is 2.78. The number of benzene rings is 1. The van der Waals surface area contributed by atoms with Gasteiger partial charge < -0.3 is 15.5 Å². The number of carbonyl (C=O) groups excluding carboxylic acids is 1. The van der Waals surface area contributed by atoms with Crippen LogP contribution in [0.3, 0.4) is 0 Å². The lowest BCUT2D eigenvalue weighted by atomic mass is 10.1. The predicted octanol–water partition coefficient (Wildman–Crippen LogP) is 1.92. The molecule has 0 spiro atoms. The maximum Gasteiger partial charge on any atom is 0.419 e. The van der Waals surface area contributed by atoms with Crippen molar-refractivity contribution >= 4 is 22.7 Å². The Kier molecular flexibility index (Phi) is 6.90. The Balaban J connectivity index is 1.95. The molecule has 2 aromatic rings. The fraction of sp³-hybridized carbons (Fsp3) is 0.529. The van der Waals surface area contributed by atoms with Gasteiger partial charge in [0.2, 0.25) is 5.91 Å². The van der Waals surface area contributed by atoms with Crippen molar-refractivity contribution in [3.8, 4) is 0 Å². The summed E-state index contributed by atoms with van der Waals surface area (Å²) in [5.41, 5.74) is 6.16. The number of nitrogens with zero attached hydrogens (tertiary/aromatic N) is 2. The number of aromatic nitrogens is 1. The highest BCUT2D eigenvalue weighted by molar-refractivity contribution is 5.77. The van der Waals surface area contributed by atoms with Gasteiger partial charge in [0.15, 0.2) is 5.58 Å². The Bertz CT molecular complexity index is 826. The molecule has 0 saturated heterocycles. The Morgan fingerprint density at radius 1 is 1.42 bits per heavy atom. The molecule has 26 heavy (non-hydrogen) atoms. The van der Waals surface area contributed by atoms with E-state index >= 15 is 0 Å². The Labute approximate surface area is 150 Å². The molecule has 1 amide bonds. The zero-order valence-corrected chi connectivity index (χ0v) is 14.8. The average Bonchev–Trinajstić information content (AvgIpc) is 2.93. The SMILES string of the molecule is CCCCC(CN)NC(=O)CCCn1c(=O)oc2cc([N+](=O)[O-])ccc21. The van der Waals surface area contributed by atoms with Gasteiger partial charge in [0.1, 0.15) is 0 Å². The molecule has 2 rings (SSSR count). The third-order valence-corrected chi connectivity index (χ3v) is 4.20. The summed E-state index contributed by atoms with van der Waals surface area (Å²) in [5.74, 6) is -0.697. The third kappa shape index (κ3) is 4.92. The van der Waals surface area contributed by atoms with Crippen LogP contribution < -0.4 is 16.8 Å². The summed E-state index contributed by atoms with van der Waals surface area (Å²) in [7, 11) is 0. The van der Waals surface area contributed by atoms with Crippen molar-refractivity contribution in [2.45, 2.75) is 51.6 Å². The van der Waals surface area contributed by atoms with E-state index < -0.39 is 10.7 Å². The first-order chi connectivity index (χ1) is 12.5. The number of rotatable bonds is 10. The quantitative estimate of drug-likeness (QED) is 0.489. The number of non-ortho nitro benzene ring substituents is 1. The third-order valence-electron chi connectivity index (χ3n) is 4.20. The summed E-state index contributed by atoms with van der Waals surface area (Å²) in [6.07, 6.45) is 3.60. The van der Waals surface area contributed by atoms with E-state index in [1.807, 2.05) is 0 Å². The number of oxazole rings is 1. The van der Waals surface area contributed by atoms with E-state index in [1.165, 1.54) is 22.8 Å². The number of carbonyl (C=O) groups is 1. The first-order valence-corrected chi connectivity index (χ1v) is 8.73. The second kappa shape index (κ2) is 9.14. The number of nitro groups is 1. The summed E-state index contributed by atoms with van der Waals surface area (Å²) in [4.78, 5) is 34.2. The summed E-state index contributed by atoms with van der Waals surface area (Å²) in [5, 5.41) is 13.7. The van der Waals surface area contributed by atoms with E-state index in [0.29, 0.717) is 25.0 Å². The number of nitro benzene ring substituents is 1. The van der Waals surface area contributed by atoms with Crippen LogP contribution in [0.15, 0.2) is 27.4 Å². The monoisotopic (exact) mass is 364 g/mol. The molecule has 1 aromatic carbocycles. The highest BCUT2D eigenvalue weighted by Gasteiger charge is 2.15. The van der Waals surface area contributed by atoms with Crippen LogP contribution in [0.4, 0.5) is 5.69 Å². The second-order valence-corrected chi connectivity index (χ2v) is 6.17. The Morgan fingerprint density at radius 2 is 2.19 bits per heavy atom. The lowest BCUT2D eigenvalue weighted by Crippen LogP contribution is -2.40. The first-order valence-electron chi connectivity index (χ1n) is 8.73. The minimum Gasteiger partial charge on any atom is -0.407 e. The van der Waals surface area contributed by atoms with Crippen molar-refractivity contribution in [2.75, 3.05) is 6.54 Å². The standard InChI is InChI=1S/C17H24N4O5/c1-2-3-5-12(11-18)19-16(22)6-4-9-20-14-8-7-13(21(24)25)10-15(14)26-17(20)23/h7-8,10,12H,2-6,9,11,18H2,1H3,(H,19,22). The molecule has 0 aliphatic heterocycles. The van der Waals surface area contributed by atoms with Crippen molar-refractivity contribution in [1.82, 2.24) is 9.88 Å². The van der Waals surface area contributed by atoms with Crippen molar-refractivity contribution in [2.24, 2.45) is 5.73 Å². The minimum absolute atomic E-state index is 0.0273. The van der Waals surface area contributed by atoms with Crippen LogP contribution in [0.5, 0.6) is 0 Å². The van der Waals surface area contributed by atoms with Gasteiger partial charge in [0.05, 0.1) is 16.5 Å². The summed E-state index contributed by atoms with van der Waals surface area (Å²) in [6, 6.07) is 3.99. The Hall–Kier alpha value is -2.68. The highest BCUT2D eigenvalue weighted by Crippen LogP contribution is 2.20. The topological polar surface area (TPSA) is 133 Å². The van der Waals surface area contributed by atoms with E-state index in [1.54, 1.807) is 0 Å². The van der Waals surface area contributed by atoms with E-state index in [9.17, 15) is 19.7 Å². The summed E-state index contributed by atoms with van der Waals surface area (Å²) < 4.78 is 6.44. The van der Waals surface area contributed by atoms with E-state index in [2.05, 4.69) is 12.2 Å². The normalized spacial score (nSPS) is 12.2. The molecule has 1 aromatic heterocycles. The van der Waals surface area contributed by atoms with Gasteiger partial charge in [-0.25, -0.2) is 4.79 Å². The zero-order valence-electron chi connectivity index (χ0n) is 14.8. The number of hydrogen-bond acceptors (Lipinski definition) is 6. The zero-order chi connectivity index (χ0) is 19.1. The van der Waals surface area contributed by atoms with Crippen LogP contribution >= 0.6 is 0 Å². The first kappa shape index (κ1) is 19.6. The number of hydrogen-bond donors (Lipinski definition) is 2. The molecule has 9 heteroatoms. The van der Waals surface area contributed by atoms with Crippen LogP contribution in [0.1, 0.15) is 39.0 Å². The van der Waals surface area contributed by atoms with Crippen molar-refractivity contribution in [3.05, 3.63) is 38.9 Å². The molecular weight excluding hydrogens is 340 g/mol. The molecule has 0 radical (unpaired) electrons. The molecule has 0 fully saturated rings. The number of aryl methyl sites for hydroxylation is 1. The van der Waals surface area contributed by atoms with Crippen molar-refractivity contribution in [3.63, 3.8) is 0 Å². The van der Waals surface area contributed by atoms with Crippen LogP contribution in [-0.4, -0.2) is 28.0 Å². The summed E-state index contributed by atoms with van der Waals surface area (Å²) in [6.45, 7) is 2.77. The molecule has 0 bridgehead atoms. The molecule has 142 valence electrons. The Morgan fingerprint density at radius 3 is 2.85 bits per heavy atom. The molecule has 0 aliphatic carbocycles. The van der Waals surface area contributed by atoms with E-state index in [0.717, 1.165) is 19.3 Å². The average molecular weight is 364 g/mol. The largest absolute Gasteiger partial charge is 0.419 e. The second-order valence-electron chi connectivity index (χ2n) is 6.17. The summed E-state index contributed by atoms with van der Waals surface area (Å²) >= 11 is 0. The van der Waals surface area contributed by atoms with Gasteiger partial charge in [-0.05, 0) is 18.9 Å². The lowest BCUT2D eigenvalue weighted by molar-refractivity contribution is -0.384. The van der Waals surface area contributed by atoms with Crippen molar-refractivity contribution in [1.29, 1.82) is 0 Å². The molecule has 1 unspecified atom stereocenters. The fourth-order valence-electron chi connectivity index (χ4n) is 2.78. The van der Waals surface area contributed by atoms with Crippen molar-refractivity contribution < 1.29 is 14.1 Å². The van der Waals surface area contributed by atoms with E-state index in [-0.39, 0.29) is 29.6 Å². The molecule has 9 nitrogen and oxygen atoms in total. The molecular formula is C17H24N4O5. The van der Waals surface area contributed by atoms with Gasteiger partial charge in [0.25, 0.3) is 5.69 Å². The van der Waals surface area contributed by atoms with Gasteiger partial charge >= 0.3 is 5.76 Å². The molecule has 0 aliphatic rings. The van der Waals surface area contributed by atoms with Gasteiger partial charge in [-0.15, -0.1) is 0 Å². The number of unbranched alkanes of at least 4 members (excludes halogenated alkanes) is 1. The lowest BCUT2D eigenvalue weighted by Gasteiger charge is -2.16. The minimum atomic E-state index is -0.594. The van der Waals surface area contributed by atoms with Gasteiger partial charge in [-0.2, -0.15) is 0 Å². The van der Waals surface area contributed by atoms with E-state index in [4.69, 9.17) is 10.2 Å². The number of nitrogens with two attached hydrogens (primary N) is 1. The molecule has 1 atom stereocenters. The van der Waals surface area contributed by atoms with Crippen LogP contribution in [0, 0.1) is 10.1 Å².